The molecule has 0 aliphatic heterocycles. The molecular weight excluding hydrogens is 297 g/mol. The Morgan fingerprint density at radius 1 is 1.21 bits per heavy atom. The zero-order chi connectivity index (χ0) is 14.0. The molecule has 0 fully saturated rings. The number of thiophene rings is 1. The van der Waals surface area contributed by atoms with E-state index in [0.29, 0.717) is 0 Å². The predicted molar refractivity (Wildman–Crippen MR) is 85.8 cm³/mol. The fraction of sp³-hybridized carbons (Fsp3) is 0.333. The molecule has 0 radical (unpaired) electrons. The molecular formula is C15H17Cl2NS. The van der Waals surface area contributed by atoms with Crippen molar-refractivity contribution in [3.05, 3.63) is 55.2 Å². The highest BCUT2D eigenvalue weighted by Crippen LogP contribution is 2.38. The first-order chi connectivity index (χ1) is 9.04. The molecule has 102 valence electrons. The smallest absolute Gasteiger partial charge is 0.0995 e. The molecule has 0 aliphatic rings. The molecule has 0 saturated carbocycles. The molecule has 0 bridgehead atoms. The Bertz CT molecular complexity index is 578. The summed E-state index contributed by atoms with van der Waals surface area (Å²) in [7, 11) is 0. The number of nitrogens with one attached hydrogen (secondary N) is 1. The fourth-order valence-electron chi connectivity index (χ4n) is 2.23. The topological polar surface area (TPSA) is 12.0 Å². The number of hydrogen-bond acceptors (Lipinski definition) is 2. The minimum absolute atomic E-state index is 0.0983. The summed E-state index contributed by atoms with van der Waals surface area (Å²) in [5.74, 6) is 0. The van der Waals surface area contributed by atoms with Crippen molar-refractivity contribution in [3.8, 4) is 0 Å². The van der Waals surface area contributed by atoms with Crippen LogP contribution in [0.1, 0.15) is 35.2 Å². The van der Waals surface area contributed by atoms with Crippen molar-refractivity contribution < 1.29 is 0 Å². The Morgan fingerprint density at radius 3 is 2.53 bits per heavy atom. The van der Waals surface area contributed by atoms with Gasteiger partial charge in [-0.05, 0) is 43.1 Å². The van der Waals surface area contributed by atoms with Crippen LogP contribution >= 0.6 is 34.5 Å². The van der Waals surface area contributed by atoms with E-state index >= 15 is 0 Å². The van der Waals surface area contributed by atoms with Gasteiger partial charge in [-0.1, -0.05) is 48.3 Å². The molecule has 4 heteroatoms. The molecule has 2 aromatic rings. The third-order valence-corrected chi connectivity index (χ3v) is 4.88. The normalized spacial score (nSPS) is 12.7. The van der Waals surface area contributed by atoms with E-state index in [1.165, 1.54) is 28.0 Å². The van der Waals surface area contributed by atoms with E-state index in [4.69, 9.17) is 23.2 Å². The lowest BCUT2D eigenvalue weighted by Gasteiger charge is -2.21. The first-order valence-corrected chi connectivity index (χ1v) is 7.86. The van der Waals surface area contributed by atoms with Gasteiger partial charge in [0.2, 0.25) is 0 Å². The monoisotopic (exact) mass is 313 g/mol. The molecule has 1 nitrogen and oxygen atoms in total. The van der Waals surface area contributed by atoms with Gasteiger partial charge in [0, 0.05) is 5.56 Å². The van der Waals surface area contributed by atoms with Gasteiger partial charge in [-0.3, -0.25) is 0 Å². The van der Waals surface area contributed by atoms with Crippen LogP contribution in [0.25, 0.3) is 0 Å². The van der Waals surface area contributed by atoms with Gasteiger partial charge in [-0.2, -0.15) is 0 Å². The van der Waals surface area contributed by atoms with Gasteiger partial charge in [0.15, 0.2) is 0 Å². The largest absolute Gasteiger partial charge is 0.306 e. The van der Waals surface area contributed by atoms with Crippen LogP contribution in [0.5, 0.6) is 0 Å². The third kappa shape index (κ3) is 3.14. The molecule has 0 amide bonds. The summed E-state index contributed by atoms with van der Waals surface area (Å²) in [4.78, 5) is 0. The molecule has 1 atom stereocenters. The summed E-state index contributed by atoms with van der Waals surface area (Å²) in [5.41, 5.74) is 4.91. The van der Waals surface area contributed by atoms with E-state index in [1.54, 1.807) is 0 Å². The minimum Gasteiger partial charge on any atom is -0.306 e. The van der Waals surface area contributed by atoms with Gasteiger partial charge in [-0.15, -0.1) is 11.3 Å². The Balaban J connectivity index is 2.51. The second-order valence-corrected chi connectivity index (χ2v) is 6.84. The summed E-state index contributed by atoms with van der Waals surface area (Å²) < 4.78 is 1.49. The molecule has 0 spiro atoms. The molecule has 0 saturated heterocycles. The molecule has 19 heavy (non-hydrogen) atoms. The van der Waals surface area contributed by atoms with E-state index in [0.717, 1.165) is 20.8 Å². The van der Waals surface area contributed by atoms with Crippen LogP contribution < -0.4 is 5.32 Å². The predicted octanol–water partition coefficient (Wildman–Crippen LogP) is 5.37. The van der Waals surface area contributed by atoms with Gasteiger partial charge >= 0.3 is 0 Å². The summed E-state index contributed by atoms with van der Waals surface area (Å²) in [6.07, 6.45) is 0. The lowest BCUT2D eigenvalue weighted by atomic mass is 9.94. The second-order valence-electron chi connectivity index (χ2n) is 4.56. The van der Waals surface area contributed by atoms with E-state index in [-0.39, 0.29) is 6.04 Å². The fourth-order valence-corrected chi connectivity index (χ4v) is 3.76. The van der Waals surface area contributed by atoms with Crippen LogP contribution in [0.2, 0.25) is 8.67 Å². The number of hydrogen-bond donors (Lipinski definition) is 1. The summed E-state index contributed by atoms with van der Waals surface area (Å²) in [5, 5.41) is 3.50. The molecule has 2 rings (SSSR count). The van der Waals surface area contributed by atoms with Crippen LogP contribution in [0, 0.1) is 13.8 Å². The molecule has 1 unspecified atom stereocenters. The Labute approximate surface area is 128 Å². The molecule has 1 aromatic heterocycles. The highest BCUT2D eigenvalue weighted by molar-refractivity contribution is 7.20. The van der Waals surface area contributed by atoms with Crippen molar-refractivity contribution in [1.82, 2.24) is 5.32 Å². The minimum atomic E-state index is 0.0983. The maximum absolute atomic E-state index is 6.31. The lowest BCUT2D eigenvalue weighted by Crippen LogP contribution is -2.22. The van der Waals surface area contributed by atoms with E-state index in [1.807, 2.05) is 6.07 Å². The SMILES string of the molecule is CCNC(c1cc(Cl)sc1Cl)c1cccc(C)c1C. The number of halogens is 2. The highest BCUT2D eigenvalue weighted by atomic mass is 35.5. The molecule has 1 N–H and O–H groups in total. The van der Waals surface area contributed by atoms with E-state index in [2.05, 4.69) is 44.3 Å². The van der Waals surface area contributed by atoms with Crippen molar-refractivity contribution in [2.45, 2.75) is 26.8 Å². The van der Waals surface area contributed by atoms with Gasteiger partial charge in [0.05, 0.1) is 14.7 Å². The average molecular weight is 314 g/mol. The van der Waals surface area contributed by atoms with Crippen molar-refractivity contribution in [2.75, 3.05) is 6.54 Å². The van der Waals surface area contributed by atoms with Crippen LogP contribution in [0.3, 0.4) is 0 Å². The first-order valence-electron chi connectivity index (χ1n) is 6.28. The Kier molecular flexibility index (Phi) is 4.91. The van der Waals surface area contributed by atoms with Crippen molar-refractivity contribution in [1.29, 1.82) is 0 Å². The maximum atomic E-state index is 6.31. The van der Waals surface area contributed by atoms with Crippen molar-refractivity contribution in [3.63, 3.8) is 0 Å². The van der Waals surface area contributed by atoms with Gasteiger partial charge < -0.3 is 5.32 Å². The van der Waals surface area contributed by atoms with Crippen LogP contribution in [-0.4, -0.2) is 6.54 Å². The average Bonchev–Trinajstić information content (AvgIpc) is 2.69. The first kappa shape index (κ1) is 14.9. The maximum Gasteiger partial charge on any atom is 0.0995 e. The Hall–Kier alpha value is -0.540. The van der Waals surface area contributed by atoms with E-state index < -0.39 is 0 Å². The summed E-state index contributed by atoms with van der Waals surface area (Å²) in [6, 6.07) is 8.43. The van der Waals surface area contributed by atoms with Crippen LogP contribution in [-0.2, 0) is 0 Å². The Morgan fingerprint density at radius 2 is 1.95 bits per heavy atom. The number of benzene rings is 1. The van der Waals surface area contributed by atoms with Gasteiger partial charge in [-0.25, -0.2) is 0 Å². The second kappa shape index (κ2) is 6.27. The van der Waals surface area contributed by atoms with Gasteiger partial charge in [0.1, 0.15) is 0 Å². The van der Waals surface area contributed by atoms with E-state index in [9.17, 15) is 0 Å². The highest BCUT2D eigenvalue weighted by Gasteiger charge is 2.20. The number of rotatable bonds is 4. The standard InChI is InChI=1S/C15H17Cl2NS/c1-4-18-14(12-8-13(16)19-15(12)17)11-7-5-6-9(2)10(11)3/h5-8,14,18H,4H2,1-3H3. The van der Waals surface area contributed by atoms with Crippen LogP contribution in [0.15, 0.2) is 24.3 Å². The van der Waals surface area contributed by atoms with Crippen LogP contribution in [0.4, 0.5) is 0 Å². The molecule has 1 aromatic carbocycles. The van der Waals surface area contributed by atoms with Gasteiger partial charge in [0.25, 0.3) is 0 Å². The summed E-state index contributed by atoms with van der Waals surface area (Å²) in [6.45, 7) is 7.25. The lowest BCUT2D eigenvalue weighted by molar-refractivity contribution is 0.629. The van der Waals surface area contributed by atoms with Crippen molar-refractivity contribution >= 4 is 34.5 Å². The molecule has 1 heterocycles. The third-order valence-electron chi connectivity index (χ3n) is 3.36. The summed E-state index contributed by atoms with van der Waals surface area (Å²) >= 11 is 13.8. The zero-order valence-electron chi connectivity index (χ0n) is 11.3. The zero-order valence-corrected chi connectivity index (χ0v) is 13.6. The number of aryl methyl sites for hydroxylation is 1. The quantitative estimate of drug-likeness (QED) is 0.800. The molecule has 0 aliphatic carbocycles. The van der Waals surface area contributed by atoms with Crippen molar-refractivity contribution in [2.24, 2.45) is 0 Å².